The van der Waals surface area contributed by atoms with Crippen LogP contribution in [0.25, 0.3) is 0 Å². The molecule has 0 bridgehead atoms. The number of benzene rings is 2. The fourth-order valence-corrected chi connectivity index (χ4v) is 3.99. The lowest BCUT2D eigenvalue weighted by atomic mass is 9.77. The number of phenols is 1. The fourth-order valence-electron chi connectivity index (χ4n) is 3.99. The van der Waals surface area contributed by atoms with Crippen molar-refractivity contribution in [2.75, 3.05) is 13.1 Å². The molecule has 2 aromatic rings. The quantitative estimate of drug-likeness (QED) is 0.326. The van der Waals surface area contributed by atoms with E-state index in [9.17, 15) is 14.7 Å². The van der Waals surface area contributed by atoms with E-state index in [1.807, 2.05) is 6.07 Å². The predicted octanol–water partition coefficient (Wildman–Crippen LogP) is 2.08. The van der Waals surface area contributed by atoms with E-state index in [0.29, 0.717) is 31.5 Å². The monoisotopic (exact) mass is 394 g/mol. The van der Waals surface area contributed by atoms with Crippen LogP contribution in [0.15, 0.2) is 54.6 Å². The number of hydrogen-bond donors (Lipinski definition) is 4. The number of nitrogens with two attached hydrogens (primary N) is 1. The van der Waals surface area contributed by atoms with Crippen LogP contribution in [0.2, 0.25) is 0 Å². The first-order chi connectivity index (χ1) is 14.0. The summed E-state index contributed by atoms with van der Waals surface area (Å²) < 4.78 is 0. The number of hydrogen-bond acceptors (Lipinski definition) is 5. The molecule has 1 saturated heterocycles. The molecule has 7 nitrogen and oxygen atoms in total. The summed E-state index contributed by atoms with van der Waals surface area (Å²) in [5.74, 6) is -0.544. The van der Waals surface area contributed by atoms with Gasteiger partial charge in [0.15, 0.2) is 0 Å². The van der Waals surface area contributed by atoms with E-state index in [1.54, 1.807) is 48.5 Å². The molecule has 0 radical (unpaired) electrons. The van der Waals surface area contributed by atoms with Gasteiger partial charge in [-0.15, -0.1) is 0 Å². The first kappa shape index (κ1) is 20.5. The Bertz CT molecular complexity index is 854. The largest absolute Gasteiger partial charge is 0.508 e. The van der Waals surface area contributed by atoms with Gasteiger partial charge in [0, 0.05) is 36.9 Å². The summed E-state index contributed by atoms with van der Waals surface area (Å²) in [5, 5.41) is 20.9. The van der Waals surface area contributed by atoms with Crippen LogP contribution in [0.4, 0.5) is 0 Å². The highest BCUT2D eigenvalue weighted by molar-refractivity contribution is 5.94. The van der Waals surface area contributed by atoms with Crippen LogP contribution in [0.1, 0.15) is 34.7 Å². The summed E-state index contributed by atoms with van der Waals surface area (Å²) >= 11 is 0. The lowest BCUT2D eigenvalue weighted by Gasteiger charge is -2.45. The summed E-state index contributed by atoms with van der Waals surface area (Å²) in [6, 6.07) is 15.7. The number of nitrogens with one attached hydrogen (secondary N) is 2. The number of rotatable bonds is 7. The highest BCUT2D eigenvalue weighted by Gasteiger charge is 2.41. The van der Waals surface area contributed by atoms with Crippen LogP contribution >= 0.6 is 0 Å². The molecule has 3 atom stereocenters. The number of amidine groups is 1. The van der Waals surface area contributed by atoms with Gasteiger partial charge in [-0.25, -0.2) is 0 Å². The van der Waals surface area contributed by atoms with E-state index >= 15 is 0 Å². The zero-order valence-corrected chi connectivity index (χ0v) is 16.1. The standard InChI is InChI=1S/C22H26N4O3/c23-20(24)18-11-13-26(12-4-14-27)21(19(18)15-7-9-17(28)10-8-15)25-22(29)16-5-2-1-3-6-16/h1-3,5-10,14,18-19,21,28H,4,11-13H2,(H3,23,24)(H,25,29). The van der Waals surface area contributed by atoms with Crippen LogP contribution in [-0.2, 0) is 4.79 Å². The number of nitrogens with zero attached hydrogens (tertiary/aromatic N) is 1. The maximum atomic E-state index is 12.9. The second kappa shape index (κ2) is 9.34. The van der Waals surface area contributed by atoms with E-state index in [1.165, 1.54) is 0 Å². The van der Waals surface area contributed by atoms with Gasteiger partial charge in [0.05, 0.1) is 12.0 Å². The highest BCUT2D eigenvalue weighted by Crippen LogP contribution is 2.37. The molecule has 0 saturated carbocycles. The minimum Gasteiger partial charge on any atom is -0.508 e. The molecule has 7 heteroatoms. The van der Waals surface area contributed by atoms with Crippen LogP contribution in [0.5, 0.6) is 5.75 Å². The molecule has 0 spiro atoms. The van der Waals surface area contributed by atoms with Gasteiger partial charge in [0.2, 0.25) is 0 Å². The number of amides is 1. The summed E-state index contributed by atoms with van der Waals surface area (Å²) in [7, 11) is 0. The molecule has 1 fully saturated rings. The third kappa shape index (κ3) is 4.81. The first-order valence-corrected chi connectivity index (χ1v) is 9.67. The Hall–Kier alpha value is -3.19. The Kier molecular flexibility index (Phi) is 6.61. The first-order valence-electron chi connectivity index (χ1n) is 9.67. The Labute approximate surface area is 170 Å². The molecule has 1 aliphatic heterocycles. The molecule has 29 heavy (non-hydrogen) atoms. The number of carbonyl (C=O) groups excluding carboxylic acids is 2. The molecule has 1 amide bonds. The highest BCUT2D eigenvalue weighted by atomic mass is 16.3. The van der Waals surface area contributed by atoms with Crippen LogP contribution in [-0.4, -0.2) is 47.3 Å². The van der Waals surface area contributed by atoms with Gasteiger partial charge < -0.3 is 21.0 Å². The van der Waals surface area contributed by atoms with Crippen molar-refractivity contribution in [1.82, 2.24) is 10.2 Å². The Morgan fingerprint density at radius 2 is 1.90 bits per heavy atom. The number of carbonyl (C=O) groups is 2. The number of likely N-dealkylation sites (tertiary alicyclic amines) is 1. The molecule has 0 aromatic heterocycles. The van der Waals surface area contributed by atoms with E-state index in [4.69, 9.17) is 11.1 Å². The number of aromatic hydroxyl groups is 1. The van der Waals surface area contributed by atoms with Gasteiger partial charge in [0.25, 0.3) is 5.91 Å². The third-order valence-electron chi connectivity index (χ3n) is 5.42. The van der Waals surface area contributed by atoms with Crippen molar-refractivity contribution >= 4 is 18.0 Å². The van der Waals surface area contributed by atoms with Gasteiger partial charge in [-0.1, -0.05) is 30.3 Å². The Balaban J connectivity index is 1.97. The fraction of sp³-hybridized carbons (Fsp3) is 0.318. The minimum atomic E-state index is -0.435. The maximum absolute atomic E-state index is 12.9. The lowest BCUT2D eigenvalue weighted by molar-refractivity contribution is -0.108. The van der Waals surface area contributed by atoms with Gasteiger partial charge >= 0.3 is 0 Å². The van der Waals surface area contributed by atoms with Crippen molar-refractivity contribution in [2.24, 2.45) is 11.7 Å². The smallest absolute Gasteiger partial charge is 0.252 e. The van der Waals surface area contributed by atoms with Gasteiger partial charge in [-0.3, -0.25) is 15.1 Å². The third-order valence-corrected chi connectivity index (χ3v) is 5.42. The molecule has 2 aromatic carbocycles. The van der Waals surface area contributed by atoms with Crippen molar-refractivity contribution < 1.29 is 14.7 Å². The predicted molar refractivity (Wildman–Crippen MR) is 111 cm³/mol. The summed E-state index contributed by atoms with van der Waals surface area (Å²) in [6.07, 6.45) is 1.43. The van der Waals surface area contributed by atoms with E-state index < -0.39 is 6.17 Å². The molecule has 1 heterocycles. The summed E-state index contributed by atoms with van der Waals surface area (Å²) in [5.41, 5.74) is 7.33. The maximum Gasteiger partial charge on any atom is 0.252 e. The zero-order chi connectivity index (χ0) is 20.8. The van der Waals surface area contributed by atoms with Crippen molar-refractivity contribution in [1.29, 1.82) is 5.41 Å². The van der Waals surface area contributed by atoms with Crippen LogP contribution in [0, 0.1) is 11.3 Å². The average Bonchev–Trinajstić information content (AvgIpc) is 2.73. The van der Waals surface area contributed by atoms with Gasteiger partial charge in [-0.2, -0.15) is 0 Å². The number of piperidine rings is 1. The van der Waals surface area contributed by atoms with Crippen molar-refractivity contribution in [3.63, 3.8) is 0 Å². The van der Waals surface area contributed by atoms with Crippen molar-refractivity contribution in [3.05, 3.63) is 65.7 Å². The topological polar surface area (TPSA) is 120 Å². The lowest BCUT2D eigenvalue weighted by Crippen LogP contribution is -2.58. The molecular formula is C22H26N4O3. The molecule has 1 aliphatic rings. The summed E-state index contributed by atoms with van der Waals surface area (Å²) in [6.45, 7) is 1.12. The van der Waals surface area contributed by atoms with E-state index in [0.717, 1.165) is 11.8 Å². The van der Waals surface area contributed by atoms with Gasteiger partial charge in [-0.05, 0) is 36.2 Å². The molecule has 3 rings (SSSR count). The molecule has 5 N–H and O–H groups in total. The van der Waals surface area contributed by atoms with Gasteiger partial charge in [0.1, 0.15) is 12.0 Å². The summed E-state index contributed by atoms with van der Waals surface area (Å²) in [4.78, 5) is 25.9. The molecule has 0 aliphatic carbocycles. The second-order valence-electron chi connectivity index (χ2n) is 7.24. The van der Waals surface area contributed by atoms with Crippen LogP contribution in [0.3, 0.4) is 0 Å². The zero-order valence-electron chi connectivity index (χ0n) is 16.1. The average molecular weight is 394 g/mol. The minimum absolute atomic E-state index is 0.0667. The van der Waals surface area contributed by atoms with E-state index in [2.05, 4.69) is 10.2 Å². The molecule has 152 valence electrons. The second-order valence-corrected chi connectivity index (χ2v) is 7.24. The van der Waals surface area contributed by atoms with E-state index in [-0.39, 0.29) is 29.3 Å². The number of phenolic OH excluding ortho intramolecular Hbond substituents is 1. The number of aldehydes is 1. The van der Waals surface area contributed by atoms with Crippen LogP contribution < -0.4 is 11.1 Å². The molecular weight excluding hydrogens is 368 g/mol. The Morgan fingerprint density at radius 1 is 1.21 bits per heavy atom. The molecule has 3 unspecified atom stereocenters. The van der Waals surface area contributed by atoms with Crippen molar-refractivity contribution in [3.8, 4) is 5.75 Å². The normalized spacial score (nSPS) is 22.0. The van der Waals surface area contributed by atoms with Crippen molar-refractivity contribution in [2.45, 2.75) is 24.9 Å². The Morgan fingerprint density at radius 3 is 2.52 bits per heavy atom. The SMILES string of the molecule is N=C(N)C1CCN(CCC=O)C(NC(=O)c2ccccc2)C1c1ccc(O)cc1.